The number of hydrogen-bond acceptors (Lipinski definition) is 2. The first kappa shape index (κ1) is 12.5. The zero-order valence-electron chi connectivity index (χ0n) is 10.6. The van der Waals surface area contributed by atoms with Gasteiger partial charge in [-0.05, 0) is 38.8 Å². The largest absolute Gasteiger partial charge is 0.330 e. The third-order valence-electron chi connectivity index (χ3n) is 3.90. The van der Waals surface area contributed by atoms with Crippen LogP contribution in [0.15, 0.2) is 24.3 Å². The molecular formula is C14H21FN2. The van der Waals surface area contributed by atoms with E-state index < -0.39 is 0 Å². The van der Waals surface area contributed by atoms with E-state index in [0.29, 0.717) is 12.0 Å². The van der Waals surface area contributed by atoms with Crippen LogP contribution in [0.5, 0.6) is 0 Å². The monoisotopic (exact) mass is 236 g/mol. The number of hydrogen-bond donors (Lipinski definition) is 1. The molecule has 0 aliphatic carbocycles. The van der Waals surface area contributed by atoms with Crippen LogP contribution >= 0.6 is 0 Å². The molecule has 1 fully saturated rings. The Balaban J connectivity index is 2.15. The summed E-state index contributed by atoms with van der Waals surface area (Å²) in [7, 11) is 0. The first-order valence-corrected chi connectivity index (χ1v) is 6.33. The quantitative estimate of drug-likeness (QED) is 0.874. The maximum atomic E-state index is 13.7. The SMILES string of the molecule is CC1CC(CN)CN1C(C)c1ccccc1F. The van der Waals surface area contributed by atoms with Crippen molar-refractivity contribution >= 4 is 0 Å². The number of nitrogens with zero attached hydrogens (tertiary/aromatic N) is 1. The molecule has 0 amide bonds. The normalized spacial score (nSPS) is 27.3. The van der Waals surface area contributed by atoms with E-state index in [4.69, 9.17) is 5.73 Å². The molecule has 2 rings (SSSR count). The Labute approximate surface area is 103 Å². The van der Waals surface area contributed by atoms with Gasteiger partial charge < -0.3 is 5.73 Å². The van der Waals surface area contributed by atoms with Crippen molar-refractivity contribution in [2.75, 3.05) is 13.1 Å². The summed E-state index contributed by atoms with van der Waals surface area (Å²) in [5.41, 5.74) is 6.52. The average Bonchev–Trinajstić information content (AvgIpc) is 2.70. The van der Waals surface area contributed by atoms with Crippen LogP contribution in [0.1, 0.15) is 31.9 Å². The standard InChI is InChI=1S/C14H21FN2/c1-10-7-12(8-16)9-17(10)11(2)13-5-3-4-6-14(13)15/h3-6,10-12H,7-9,16H2,1-2H3. The Morgan fingerprint density at radius 2 is 2.18 bits per heavy atom. The van der Waals surface area contributed by atoms with Gasteiger partial charge in [-0.1, -0.05) is 18.2 Å². The lowest BCUT2D eigenvalue weighted by molar-refractivity contribution is 0.197. The van der Waals surface area contributed by atoms with Gasteiger partial charge in [-0.3, -0.25) is 4.90 Å². The highest BCUT2D eigenvalue weighted by Crippen LogP contribution is 2.32. The van der Waals surface area contributed by atoms with Gasteiger partial charge in [-0.2, -0.15) is 0 Å². The number of nitrogens with two attached hydrogens (primary N) is 1. The summed E-state index contributed by atoms with van der Waals surface area (Å²) in [4.78, 5) is 2.36. The highest BCUT2D eigenvalue weighted by atomic mass is 19.1. The molecule has 1 aliphatic heterocycles. The molecule has 0 spiro atoms. The molecule has 2 nitrogen and oxygen atoms in total. The molecule has 0 bridgehead atoms. The lowest BCUT2D eigenvalue weighted by Gasteiger charge is -2.29. The summed E-state index contributed by atoms with van der Waals surface area (Å²) >= 11 is 0. The minimum atomic E-state index is -0.108. The lowest BCUT2D eigenvalue weighted by Crippen LogP contribution is -2.31. The predicted octanol–water partition coefficient (Wildman–Crippen LogP) is 2.56. The molecule has 1 aromatic rings. The Bertz CT molecular complexity index is 380. The van der Waals surface area contributed by atoms with Crippen molar-refractivity contribution in [2.45, 2.75) is 32.4 Å². The van der Waals surface area contributed by atoms with Gasteiger partial charge in [0, 0.05) is 24.2 Å². The molecular weight excluding hydrogens is 215 g/mol. The van der Waals surface area contributed by atoms with Gasteiger partial charge in [0.05, 0.1) is 0 Å². The van der Waals surface area contributed by atoms with Crippen molar-refractivity contribution in [1.82, 2.24) is 4.90 Å². The van der Waals surface area contributed by atoms with Crippen molar-refractivity contribution in [3.8, 4) is 0 Å². The molecule has 0 radical (unpaired) electrons. The second kappa shape index (κ2) is 5.15. The number of benzene rings is 1. The highest BCUT2D eigenvalue weighted by molar-refractivity contribution is 5.21. The van der Waals surface area contributed by atoms with E-state index >= 15 is 0 Å². The topological polar surface area (TPSA) is 29.3 Å². The van der Waals surface area contributed by atoms with Crippen molar-refractivity contribution in [3.63, 3.8) is 0 Å². The summed E-state index contributed by atoms with van der Waals surface area (Å²) < 4.78 is 13.7. The molecule has 2 N–H and O–H groups in total. The van der Waals surface area contributed by atoms with E-state index in [1.54, 1.807) is 6.07 Å². The second-order valence-electron chi connectivity index (χ2n) is 5.08. The third-order valence-corrected chi connectivity index (χ3v) is 3.90. The number of rotatable bonds is 3. The molecule has 1 aliphatic rings. The van der Waals surface area contributed by atoms with Gasteiger partial charge in [0.15, 0.2) is 0 Å². The summed E-state index contributed by atoms with van der Waals surface area (Å²) in [5, 5.41) is 0. The molecule has 0 saturated carbocycles. The van der Waals surface area contributed by atoms with Crippen molar-refractivity contribution in [2.24, 2.45) is 11.7 Å². The fourth-order valence-corrected chi connectivity index (χ4v) is 2.87. The van der Waals surface area contributed by atoms with Crippen LogP contribution in [0.25, 0.3) is 0 Å². The minimum Gasteiger partial charge on any atom is -0.330 e. The summed E-state index contributed by atoms with van der Waals surface area (Å²) in [6.45, 7) is 5.98. The van der Waals surface area contributed by atoms with E-state index in [0.717, 1.165) is 25.1 Å². The molecule has 3 atom stereocenters. The van der Waals surface area contributed by atoms with Crippen LogP contribution in [-0.4, -0.2) is 24.0 Å². The first-order chi connectivity index (χ1) is 8.13. The molecule has 3 unspecified atom stereocenters. The maximum Gasteiger partial charge on any atom is 0.127 e. The second-order valence-corrected chi connectivity index (χ2v) is 5.08. The molecule has 1 aromatic carbocycles. The number of likely N-dealkylation sites (tertiary alicyclic amines) is 1. The highest BCUT2D eigenvalue weighted by Gasteiger charge is 2.32. The van der Waals surface area contributed by atoms with Gasteiger partial charge in [0.1, 0.15) is 5.82 Å². The van der Waals surface area contributed by atoms with Gasteiger partial charge in [-0.15, -0.1) is 0 Å². The fourth-order valence-electron chi connectivity index (χ4n) is 2.87. The van der Waals surface area contributed by atoms with Crippen LogP contribution in [0.4, 0.5) is 4.39 Å². The molecule has 0 aromatic heterocycles. The Hall–Kier alpha value is -0.930. The van der Waals surface area contributed by atoms with Gasteiger partial charge in [0.25, 0.3) is 0 Å². The molecule has 3 heteroatoms. The van der Waals surface area contributed by atoms with E-state index in [-0.39, 0.29) is 11.9 Å². The van der Waals surface area contributed by atoms with Gasteiger partial charge in [-0.25, -0.2) is 4.39 Å². The molecule has 1 heterocycles. The van der Waals surface area contributed by atoms with Crippen molar-refractivity contribution in [1.29, 1.82) is 0 Å². The smallest absolute Gasteiger partial charge is 0.127 e. The zero-order valence-corrected chi connectivity index (χ0v) is 10.6. The average molecular weight is 236 g/mol. The van der Waals surface area contributed by atoms with Gasteiger partial charge >= 0.3 is 0 Å². The molecule has 17 heavy (non-hydrogen) atoms. The van der Waals surface area contributed by atoms with Crippen LogP contribution in [-0.2, 0) is 0 Å². The third kappa shape index (κ3) is 2.50. The zero-order chi connectivity index (χ0) is 12.4. The Morgan fingerprint density at radius 3 is 2.76 bits per heavy atom. The fraction of sp³-hybridized carbons (Fsp3) is 0.571. The molecule has 1 saturated heterocycles. The maximum absolute atomic E-state index is 13.7. The number of halogens is 1. The van der Waals surface area contributed by atoms with Crippen LogP contribution < -0.4 is 5.73 Å². The van der Waals surface area contributed by atoms with E-state index in [9.17, 15) is 4.39 Å². The van der Waals surface area contributed by atoms with Crippen LogP contribution in [0, 0.1) is 11.7 Å². The van der Waals surface area contributed by atoms with E-state index in [1.165, 1.54) is 6.07 Å². The molecule has 94 valence electrons. The summed E-state index contributed by atoms with van der Waals surface area (Å²) in [6.07, 6.45) is 1.12. The minimum absolute atomic E-state index is 0.108. The summed E-state index contributed by atoms with van der Waals surface area (Å²) in [6, 6.07) is 7.66. The lowest BCUT2D eigenvalue weighted by atomic mass is 10.1. The Kier molecular flexibility index (Phi) is 3.79. The first-order valence-electron chi connectivity index (χ1n) is 6.33. The Morgan fingerprint density at radius 1 is 1.47 bits per heavy atom. The van der Waals surface area contributed by atoms with E-state index in [1.807, 2.05) is 12.1 Å². The summed E-state index contributed by atoms with van der Waals surface area (Å²) in [5.74, 6) is 0.447. The van der Waals surface area contributed by atoms with Gasteiger partial charge in [0.2, 0.25) is 0 Å². The van der Waals surface area contributed by atoms with Crippen LogP contribution in [0.2, 0.25) is 0 Å². The van der Waals surface area contributed by atoms with Crippen molar-refractivity contribution < 1.29 is 4.39 Å². The predicted molar refractivity (Wildman–Crippen MR) is 68.1 cm³/mol. The van der Waals surface area contributed by atoms with Crippen LogP contribution in [0.3, 0.4) is 0 Å². The van der Waals surface area contributed by atoms with Crippen molar-refractivity contribution in [3.05, 3.63) is 35.6 Å². The van der Waals surface area contributed by atoms with E-state index in [2.05, 4.69) is 18.7 Å².